The van der Waals surface area contributed by atoms with Gasteiger partial charge in [0.05, 0.1) is 4.90 Å². The van der Waals surface area contributed by atoms with E-state index in [1.54, 1.807) is 25.2 Å². The number of nitrogens with one attached hydrogen (secondary N) is 3. The number of benzene rings is 1. The molecule has 0 radical (unpaired) electrons. The van der Waals surface area contributed by atoms with Crippen LogP contribution < -0.4 is 15.4 Å². The summed E-state index contributed by atoms with van der Waals surface area (Å²) < 4.78 is 26.1. The average Bonchev–Trinajstić information content (AvgIpc) is 2.42. The number of carbonyl (C=O) groups is 1. The van der Waals surface area contributed by atoms with Crippen LogP contribution in [0.25, 0.3) is 0 Å². The molecular weight excluding hydrogens is 302 g/mol. The fourth-order valence-corrected chi connectivity index (χ4v) is 2.45. The molecule has 0 aliphatic carbocycles. The summed E-state index contributed by atoms with van der Waals surface area (Å²) in [6.07, 6.45) is 0.377. The SMILES string of the molecule is CNCCC(=O)NCCNS(=O)(=O)c1ccccc1.Cl. The molecule has 0 aliphatic heterocycles. The molecular formula is C12H20ClN3O3S. The maximum absolute atomic E-state index is 11.8. The summed E-state index contributed by atoms with van der Waals surface area (Å²) in [5, 5.41) is 5.50. The summed E-state index contributed by atoms with van der Waals surface area (Å²) in [6.45, 7) is 1.04. The van der Waals surface area contributed by atoms with Crippen molar-refractivity contribution in [3.05, 3.63) is 30.3 Å². The standard InChI is InChI=1S/C12H19N3O3S.ClH/c1-13-8-7-12(16)14-9-10-15-19(17,18)11-5-3-2-4-6-11;/h2-6,13,15H,7-10H2,1H3,(H,14,16);1H. The number of hydrogen-bond donors (Lipinski definition) is 3. The quantitative estimate of drug-likeness (QED) is 0.593. The van der Waals surface area contributed by atoms with Gasteiger partial charge in [0.25, 0.3) is 0 Å². The minimum atomic E-state index is -3.49. The Bertz CT molecular complexity index is 494. The van der Waals surface area contributed by atoms with E-state index in [9.17, 15) is 13.2 Å². The van der Waals surface area contributed by atoms with Crippen molar-refractivity contribution in [1.82, 2.24) is 15.4 Å². The summed E-state index contributed by atoms with van der Waals surface area (Å²) in [5.41, 5.74) is 0. The molecule has 0 heterocycles. The fourth-order valence-electron chi connectivity index (χ4n) is 1.40. The van der Waals surface area contributed by atoms with E-state index in [4.69, 9.17) is 0 Å². The lowest BCUT2D eigenvalue weighted by Gasteiger charge is -2.08. The summed E-state index contributed by atoms with van der Waals surface area (Å²) in [7, 11) is -1.72. The molecule has 0 aromatic heterocycles. The molecule has 0 atom stereocenters. The fraction of sp³-hybridized carbons (Fsp3) is 0.417. The molecule has 1 aromatic carbocycles. The van der Waals surface area contributed by atoms with Crippen LogP contribution in [0.4, 0.5) is 0 Å². The van der Waals surface area contributed by atoms with Crippen molar-refractivity contribution < 1.29 is 13.2 Å². The molecule has 1 rings (SSSR count). The first-order valence-corrected chi connectivity index (χ1v) is 7.50. The molecule has 6 nitrogen and oxygen atoms in total. The molecule has 3 N–H and O–H groups in total. The van der Waals surface area contributed by atoms with Crippen LogP contribution in [0.5, 0.6) is 0 Å². The number of hydrogen-bond acceptors (Lipinski definition) is 4. The summed E-state index contributed by atoms with van der Waals surface area (Å²) >= 11 is 0. The molecule has 0 saturated heterocycles. The Kier molecular flexibility index (Phi) is 9.15. The van der Waals surface area contributed by atoms with Crippen LogP contribution >= 0.6 is 12.4 Å². The van der Waals surface area contributed by atoms with Gasteiger partial charge in [-0.15, -0.1) is 12.4 Å². The second-order valence-corrected chi connectivity index (χ2v) is 5.68. The zero-order chi connectivity index (χ0) is 14.1. The highest BCUT2D eigenvalue weighted by Gasteiger charge is 2.12. The van der Waals surface area contributed by atoms with E-state index in [1.165, 1.54) is 12.1 Å². The zero-order valence-electron chi connectivity index (χ0n) is 11.3. The molecule has 0 unspecified atom stereocenters. The predicted octanol–water partition coefficient (Wildman–Crippen LogP) is 0.112. The summed E-state index contributed by atoms with van der Waals surface area (Å²) in [4.78, 5) is 11.5. The Morgan fingerprint density at radius 1 is 1.10 bits per heavy atom. The Morgan fingerprint density at radius 3 is 2.35 bits per heavy atom. The van der Waals surface area contributed by atoms with Crippen molar-refractivity contribution in [1.29, 1.82) is 0 Å². The Hall–Kier alpha value is -1.15. The van der Waals surface area contributed by atoms with E-state index < -0.39 is 10.0 Å². The molecule has 114 valence electrons. The molecule has 0 fully saturated rings. The molecule has 1 aromatic rings. The van der Waals surface area contributed by atoms with E-state index in [1.807, 2.05) is 0 Å². The average molecular weight is 322 g/mol. The third-order valence-corrected chi connectivity index (χ3v) is 3.87. The number of rotatable bonds is 8. The number of sulfonamides is 1. The molecule has 0 bridgehead atoms. The van der Waals surface area contributed by atoms with E-state index in [0.29, 0.717) is 13.0 Å². The van der Waals surface area contributed by atoms with Crippen molar-refractivity contribution in [3.8, 4) is 0 Å². The van der Waals surface area contributed by atoms with Gasteiger partial charge in [-0.1, -0.05) is 18.2 Å². The van der Waals surface area contributed by atoms with Crippen molar-refractivity contribution in [2.24, 2.45) is 0 Å². The highest BCUT2D eigenvalue weighted by Crippen LogP contribution is 2.06. The second-order valence-electron chi connectivity index (χ2n) is 3.91. The Balaban J connectivity index is 0.00000361. The first kappa shape index (κ1) is 18.9. The van der Waals surface area contributed by atoms with Gasteiger partial charge in [-0.25, -0.2) is 13.1 Å². The maximum Gasteiger partial charge on any atom is 0.240 e. The largest absolute Gasteiger partial charge is 0.355 e. The molecule has 8 heteroatoms. The van der Waals surface area contributed by atoms with E-state index >= 15 is 0 Å². The minimum Gasteiger partial charge on any atom is -0.355 e. The lowest BCUT2D eigenvalue weighted by molar-refractivity contribution is -0.120. The number of carbonyl (C=O) groups excluding carboxylic acids is 1. The lowest BCUT2D eigenvalue weighted by Crippen LogP contribution is -2.35. The van der Waals surface area contributed by atoms with Crippen LogP contribution in [0.1, 0.15) is 6.42 Å². The van der Waals surface area contributed by atoms with Gasteiger partial charge >= 0.3 is 0 Å². The van der Waals surface area contributed by atoms with Crippen molar-refractivity contribution >= 4 is 28.3 Å². The summed E-state index contributed by atoms with van der Waals surface area (Å²) in [5.74, 6) is -0.103. The van der Waals surface area contributed by atoms with Gasteiger partial charge in [0.2, 0.25) is 15.9 Å². The van der Waals surface area contributed by atoms with Crippen molar-refractivity contribution in [2.45, 2.75) is 11.3 Å². The van der Waals surface area contributed by atoms with Gasteiger partial charge in [0, 0.05) is 26.1 Å². The minimum absolute atomic E-state index is 0. The zero-order valence-corrected chi connectivity index (χ0v) is 12.9. The number of amides is 1. The van der Waals surface area contributed by atoms with Gasteiger partial charge in [-0.3, -0.25) is 4.79 Å². The van der Waals surface area contributed by atoms with Crippen LogP contribution in [0, 0.1) is 0 Å². The monoisotopic (exact) mass is 321 g/mol. The van der Waals surface area contributed by atoms with Crippen LogP contribution in [0.15, 0.2) is 35.2 Å². The van der Waals surface area contributed by atoms with Crippen molar-refractivity contribution in [3.63, 3.8) is 0 Å². The second kappa shape index (κ2) is 9.71. The van der Waals surface area contributed by atoms with Gasteiger partial charge in [0.1, 0.15) is 0 Å². The first-order chi connectivity index (χ1) is 9.06. The predicted molar refractivity (Wildman–Crippen MR) is 80.4 cm³/mol. The van der Waals surface area contributed by atoms with E-state index in [-0.39, 0.29) is 36.3 Å². The highest BCUT2D eigenvalue weighted by molar-refractivity contribution is 7.89. The third kappa shape index (κ3) is 6.85. The van der Waals surface area contributed by atoms with Crippen LogP contribution in [0.3, 0.4) is 0 Å². The van der Waals surface area contributed by atoms with E-state index in [2.05, 4.69) is 15.4 Å². The summed E-state index contributed by atoms with van der Waals surface area (Å²) in [6, 6.07) is 8.12. The Morgan fingerprint density at radius 2 is 1.75 bits per heavy atom. The first-order valence-electron chi connectivity index (χ1n) is 6.02. The molecule has 0 spiro atoms. The lowest BCUT2D eigenvalue weighted by atomic mass is 10.4. The third-order valence-electron chi connectivity index (χ3n) is 2.39. The van der Waals surface area contributed by atoms with Gasteiger partial charge in [0.15, 0.2) is 0 Å². The van der Waals surface area contributed by atoms with Crippen molar-refractivity contribution in [2.75, 3.05) is 26.7 Å². The van der Waals surface area contributed by atoms with Crippen LogP contribution in [-0.2, 0) is 14.8 Å². The molecule has 0 saturated carbocycles. The Labute approximate surface area is 125 Å². The molecule has 1 amide bonds. The smallest absolute Gasteiger partial charge is 0.240 e. The maximum atomic E-state index is 11.8. The van der Waals surface area contributed by atoms with Gasteiger partial charge < -0.3 is 10.6 Å². The van der Waals surface area contributed by atoms with Gasteiger partial charge in [-0.2, -0.15) is 0 Å². The van der Waals surface area contributed by atoms with Gasteiger partial charge in [-0.05, 0) is 19.2 Å². The van der Waals surface area contributed by atoms with Crippen LogP contribution in [-0.4, -0.2) is 41.0 Å². The van der Waals surface area contributed by atoms with Crippen LogP contribution in [0.2, 0.25) is 0 Å². The number of halogens is 1. The molecule has 0 aliphatic rings. The normalized spacial score (nSPS) is 10.7. The highest BCUT2D eigenvalue weighted by atomic mass is 35.5. The molecule has 20 heavy (non-hydrogen) atoms. The topological polar surface area (TPSA) is 87.3 Å². The van der Waals surface area contributed by atoms with E-state index in [0.717, 1.165) is 0 Å².